The van der Waals surface area contributed by atoms with Crippen molar-refractivity contribution >= 4 is 0 Å². The molecule has 1 atom stereocenters. The van der Waals surface area contributed by atoms with Gasteiger partial charge in [-0.25, -0.2) is 0 Å². The Balaban J connectivity index is 4.26. The second kappa shape index (κ2) is 5.10. The van der Waals surface area contributed by atoms with E-state index in [1.807, 2.05) is 0 Å². The van der Waals surface area contributed by atoms with Gasteiger partial charge in [0.05, 0.1) is 0 Å². The van der Waals surface area contributed by atoms with Gasteiger partial charge in [-0.05, 0) is 41.4 Å². The SMILES string of the molecule is C[C@@H](CC(C)(C)C)CC(C)(C)CC(C)(C)C. The van der Waals surface area contributed by atoms with E-state index in [4.69, 9.17) is 0 Å². The molecule has 0 aliphatic rings. The summed E-state index contributed by atoms with van der Waals surface area (Å²) in [5.74, 6) is 0.831. The van der Waals surface area contributed by atoms with Crippen LogP contribution in [0, 0.1) is 22.2 Å². The molecule has 98 valence electrons. The molecule has 0 heterocycles. The van der Waals surface area contributed by atoms with Crippen LogP contribution in [-0.4, -0.2) is 0 Å². The molecule has 0 nitrogen and oxygen atoms in total. The molecule has 0 aromatic rings. The van der Waals surface area contributed by atoms with Crippen molar-refractivity contribution in [1.29, 1.82) is 0 Å². The molecule has 0 bridgehead atoms. The quantitative estimate of drug-likeness (QED) is 0.559. The molecule has 0 saturated carbocycles. The molecule has 16 heavy (non-hydrogen) atoms. The summed E-state index contributed by atoms with van der Waals surface area (Å²) in [5.41, 5.74) is 1.39. The van der Waals surface area contributed by atoms with Gasteiger partial charge in [-0.1, -0.05) is 62.3 Å². The number of hydrogen-bond acceptors (Lipinski definition) is 0. The van der Waals surface area contributed by atoms with Gasteiger partial charge in [0.1, 0.15) is 0 Å². The third-order valence-electron chi connectivity index (χ3n) is 2.87. The predicted octanol–water partition coefficient (Wildman–Crippen LogP) is 5.91. The van der Waals surface area contributed by atoms with Gasteiger partial charge in [0, 0.05) is 0 Å². The molecular formula is C16H34. The Morgan fingerprint density at radius 3 is 1.44 bits per heavy atom. The molecule has 0 N–H and O–H groups in total. The first-order valence-corrected chi connectivity index (χ1v) is 6.81. The third kappa shape index (κ3) is 9.24. The lowest BCUT2D eigenvalue weighted by atomic mass is 9.70. The monoisotopic (exact) mass is 226 g/mol. The summed E-state index contributed by atoms with van der Waals surface area (Å²) >= 11 is 0. The summed E-state index contributed by atoms with van der Waals surface area (Å²) in [4.78, 5) is 0. The van der Waals surface area contributed by atoms with Crippen LogP contribution in [-0.2, 0) is 0 Å². The smallest absolute Gasteiger partial charge is 0.0347 e. The van der Waals surface area contributed by atoms with Gasteiger partial charge in [0.15, 0.2) is 0 Å². The fraction of sp³-hybridized carbons (Fsp3) is 1.00. The lowest BCUT2D eigenvalue weighted by Crippen LogP contribution is -2.24. The first kappa shape index (κ1) is 16.0. The molecule has 0 saturated heterocycles. The largest absolute Gasteiger partial charge is 0.0625 e. The van der Waals surface area contributed by atoms with Gasteiger partial charge in [0.2, 0.25) is 0 Å². The van der Waals surface area contributed by atoms with Crippen molar-refractivity contribution in [2.24, 2.45) is 22.2 Å². The lowest BCUT2D eigenvalue weighted by Gasteiger charge is -2.36. The third-order valence-corrected chi connectivity index (χ3v) is 2.87. The average Bonchev–Trinajstić information content (AvgIpc) is 1.70. The van der Waals surface area contributed by atoms with Crippen molar-refractivity contribution in [2.45, 2.75) is 81.6 Å². The first-order chi connectivity index (χ1) is 6.81. The zero-order valence-electron chi connectivity index (χ0n) is 13.2. The predicted molar refractivity (Wildman–Crippen MR) is 75.7 cm³/mol. The van der Waals surface area contributed by atoms with Gasteiger partial charge >= 0.3 is 0 Å². The normalized spacial score (nSPS) is 16.3. The summed E-state index contributed by atoms with van der Waals surface area (Å²) in [6.45, 7) is 21.4. The summed E-state index contributed by atoms with van der Waals surface area (Å²) in [5, 5.41) is 0. The van der Waals surface area contributed by atoms with Crippen molar-refractivity contribution in [2.75, 3.05) is 0 Å². The van der Waals surface area contributed by atoms with E-state index in [0.717, 1.165) is 5.92 Å². The molecule has 0 spiro atoms. The van der Waals surface area contributed by atoms with E-state index in [9.17, 15) is 0 Å². The Bertz CT molecular complexity index is 197. The van der Waals surface area contributed by atoms with Crippen LogP contribution >= 0.6 is 0 Å². The molecule has 0 rings (SSSR count). The van der Waals surface area contributed by atoms with E-state index >= 15 is 0 Å². The summed E-state index contributed by atoms with van der Waals surface area (Å²) in [7, 11) is 0. The van der Waals surface area contributed by atoms with E-state index in [1.165, 1.54) is 19.3 Å². The number of rotatable bonds is 4. The minimum atomic E-state index is 0.449. The van der Waals surface area contributed by atoms with E-state index in [1.54, 1.807) is 0 Å². The summed E-state index contributed by atoms with van der Waals surface area (Å²) in [6, 6.07) is 0. The maximum absolute atomic E-state index is 2.43. The molecule has 0 radical (unpaired) electrons. The van der Waals surface area contributed by atoms with Gasteiger partial charge < -0.3 is 0 Å². The Morgan fingerprint density at radius 2 is 1.12 bits per heavy atom. The van der Waals surface area contributed by atoms with Crippen molar-refractivity contribution in [1.82, 2.24) is 0 Å². The van der Waals surface area contributed by atoms with Crippen LogP contribution in [0.25, 0.3) is 0 Å². The lowest BCUT2D eigenvalue weighted by molar-refractivity contribution is 0.156. The molecule has 0 fully saturated rings. The Morgan fingerprint density at radius 1 is 0.688 bits per heavy atom. The van der Waals surface area contributed by atoms with E-state index in [0.29, 0.717) is 16.2 Å². The minimum Gasteiger partial charge on any atom is -0.0625 e. The summed E-state index contributed by atoms with van der Waals surface area (Å²) in [6.07, 6.45) is 4.00. The highest BCUT2D eigenvalue weighted by atomic mass is 14.3. The topological polar surface area (TPSA) is 0 Å². The van der Waals surface area contributed by atoms with Crippen LogP contribution < -0.4 is 0 Å². The van der Waals surface area contributed by atoms with Gasteiger partial charge in [-0.2, -0.15) is 0 Å². The molecule has 0 heteroatoms. The van der Waals surface area contributed by atoms with Crippen LogP contribution in [0.3, 0.4) is 0 Å². The standard InChI is InChI=1S/C16H34/c1-13(10-14(2,3)4)11-16(8,9)12-15(5,6)7/h13H,10-12H2,1-9H3/t13-/m0/s1. The van der Waals surface area contributed by atoms with Crippen molar-refractivity contribution in [3.63, 3.8) is 0 Å². The van der Waals surface area contributed by atoms with Crippen LogP contribution in [0.5, 0.6) is 0 Å². The molecule has 0 aromatic carbocycles. The molecule has 0 aliphatic carbocycles. The highest BCUT2D eigenvalue weighted by Gasteiger charge is 2.28. The van der Waals surface area contributed by atoms with E-state index in [-0.39, 0.29) is 0 Å². The van der Waals surface area contributed by atoms with Gasteiger partial charge in [0.25, 0.3) is 0 Å². The maximum atomic E-state index is 2.43. The van der Waals surface area contributed by atoms with Crippen LogP contribution in [0.15, 0.2) is 0 Å². The van der Waals surface area contributed by atoms with Crippen molar-refractivity contribution in [3.05, 3.63) is 0 Å². The van der Waals surface area contributed by atoms with Gasteiger partial charge in [-0.15, -0.1) is 0 Å². The fourth-order valence-corrected chi connectivity index (χ4v) is 3.57. The Labute approximate surface area is 104 Å². The molecular weight excluding hydrogens is 192 g/mol. The fourth-order valence-electron chi connectivity index (χ4n) is 3.57. The molecule has 0 aliphatic heterocycles. The molecule has 0 aromatic heterocycles. The molecule has 0 unspecified atom stereocenters. The zero-order chi connectivity index (χ0) is 13.2. The van der Waals surface area contributed by atoms with Crippen molar-refractivity contribution < 1.29 is 0 Å². The van der Waals surface area contributed by atoms with Crippen LogP contribution in [0.4, 0.5) is 0 Å². The van der Waals surface area contributed by atoms with Gasteiger partial charge in [-0.3, -0.25) is 0 Å². The Kier molecular flexibility index (Phi) is 5.10. The highest BCUT2D eigenvalue weighted by Crippen LogP contribution is 2.40. The maximum Gasteiger partial charge on any atom is -0.0347 e. The average molecular weight is 226 g/mol. The molecule has 0 amide bonds. The highest BCUT2D eigenvalue weighted by molar-refractivity contribution is 4.79. The van der Waals surface area contributed by atoms with Crippen molar-refractivity contribution in [3.8, 4) is 0 Å². The van der Waals surface area contributed by atoms with E-state index < -0.39 is 0 Å². The second-order valence-corrected chi connectivity index (χ2v) is 8.98. The Hall–Kier alpha value is 0. The first-order valence-electron chi connectivity index (χ1n) is 6.81. The van der Waals surface area contributed by atoms with Crippen LogP contribution in [0.2, 0.25) is 0 Å². The summed E-state index contributed by atoms with van der Waals surface area (Å²) < 4.78 is 0. The minimum absolute atomic E-state index is 0.449. The van der Waals surface area contributed by atoms with E-state index in [2.05, 4.69) is 62.3 Å². The second-order valence-electron chi connectivity index (χ2n) is 8.98. The zero-order valence-corrected chi connectivity index (χ0v) is 13.2. The number of hydrogen-bond donors (Lipinski definition) is 0. The van der Waals surface area contributed by atoms with Crippen LogP contribution in [0.1, 0.15) is 81.6 Å².